The van der Waals surface area contributed by atoms with Gasteiger partial charge in [0.1, 0.15) is 5.82 Å². The van der Waals surface area contributed by atoms with E-state index in [1.54, 1.807) is 0 Å². The molecule has 0 radical (unpaired) electrons. The summed E-state index contributed by atoms with van der Waals surface area (Å²) in [5.41, 5.74) is 1.50. The van der Waals surface area contributed by atoms with Gasteiger partial charge in [0.15, 0.2) is 17.0 Å². The number of nitrogens with zero attached hydrogens (tertiary/aromatic N) is 6. The predicted molar refractivity (Wildman–Crippen MR) is 111 cm³/mol. The van der Waals surface area contributed by atoms with Crippen LogP contribution in [0.15, 0.2) is 0 Å². The first kappa shape index (κ1) is 20.3. The summed E-state index contributed by atoms with van der Waals surface area (Å²) >= 11 is 6.21. The van der Waals surface area contributed by atoms with Crippen LogP contribution < -0.4 is 10.2 Å². The molecule has 0 bridgehead atoms. The summed E-state index contributed by atoms with van der Waals surface area (Å²) in [6.45, 7) is 9.16. The normalized spacial score (nSPS) is 21.2. The van der Waals surface area contributed by atoms with Gasteiger partial charge in [-0.2, -0.15) is 9.97 Å². The van der Waals surface area contributed by atoms with E-state index in [1.165, 1.54) is 0 Å². The Morgan fingerprint density at radius 3 is 2.72 bits per heavy atom. The third-order valence-corrected chi connectivity index (χ3v) is 5.87. The van der Waals surface area contributed by atoms with Crippen LogP contribution in [0.4, 0.5) is 5.82 Å². The van der Waals surface area contributed by atoms with E-state index in [1.807, 2.05) is 11.6 Å². The van der Waals surface area contributed by atoms with Crippen molar-refractivity contribution in [3.8, 4) is 0 Å². The average molecular weight is 422 g/mol. The molecule has 2 fully saturated rings. The lowest BCUT2D eigenvalue weighted by atomic mass is 10.0. The van der Waals surface area contributed by atoms with E-state index in [0.717, 1.165) is 55.4 Å². The number of aromatic nitrogens is 4. The minimum Gasteiger partial charge on any atom is -0.378 e. The molecule has 10 heteroatoms. The van der Waals surface area contributed by atoms with E-state index < -0.39 is 0 Å². The van der Waals surface area contributed by atoms with Crippen LogP contribution >= 0.6 is 11.6 Å². The van der Waals surface area contributed by atoms with Gasteiger partial charge in [-0.05, 0) is 17.5 Å². The molecule has 0 aromatic carbocycles. The van der Waals surface area contributed by atoms with Crippen molar-refractivity contribution in [1.82, 2.24) is 29.7 Å². The van der Waals surface area contributed by atoms with Gasteiger partial charge in [0.25, 0.3) is 0 Å². The minimum absolute atomic E-state index is 0.0900. The molecule has 4 heterocycles. The van der Waals surface area contributed by atoms with Crippen LogP contribution in [0, 0.1) is 5.92 Å². The van der Waals surface area contributed by atoms with Crippen molar-refractivity contribution >= 4 is 34.5 Å². The fraction of sp³-hybridized carbons (Fsp3) is 0.684. The van der Waals surface area contributed by atoms with Gasteiger partial charge in [-0.1, -0.05) is 13.8 Å². The topological polar surface area (TPSA) is 88.4 Å². The van der Waals surface area contributed by atoms with Crippen LogP contribution in [-0.4, -0.2) is 82.3 Å². The first-order valence-corrected chi connectivity index (χ1v) is 10.5. The number of aryl methyl sites for hydroxylation is 1. The molecule has 0 aliphatic carbocycles. The summed E-state index contributed by atoms with van der Waals surface area (Å²) in [5.74, 6) is 2.18. The van der Waals surface area contributed by atoms with Gasteiger partial charge < -0.3 is 19.5 Å². The van der Waals surface area contributed by atoms with Gasteiger partial charge in [-0.15, -0.1) is 0 Å². The van der Waals surface area contributed by atoms with Crippen molar-refractivity contribution in [3.05, 3.63) is 11.1 Å². The quantitative estimate of drug-likeness (QED) is 0.716. The third kappa shape index (κ3) is 4.31. The number of fused-ring (bicyclic) bond motifs is 1. The Labute approximate surface area is 175 Å². The Bertz CT molecular complexity index is 894. The van der Waals surface area contributed by atoms with Crippen molar-refractivity contribution < 1.29 is 9.53 Å². The molecule has 29 heavy (non-hydrogen) atoms. The molecule has 1 atom stereocenters. The van der Waals surface area contributed by atoms with E-state index >= 15 is 0 Å². The zero-order valence-corrected chi connectivity index (χ0v) is 17.9. The predicted octanol–water partition coefficient (Wildman–Crippen LogP) is 0.852. The molecular formula is C19H28ClN7O2. The van der Waals surface area contributed by atoms with Crippen LogP contribution in [0.3, 0.4) is 0 Å². The minimum atomic E-state index is 0.0900. The number of hydrogen-bond donors (Lipinski definition) is 1. The maximum Gasteiger partial charge on any atom is 0.234 e. The number of imidazole rings is 1. The van der Waals surface area contributed by atoms with E-state index in [-0.39, 0.29) is 17.2 Å². The molecule has 9 nitrogen and oxygen atoms in total. The van der Waals surface area contributed by atoms with Gasteiger partial charge in [-0.25, -0.2) is 4.98 Å². The molecular weight excluding hydrogens is 394 g/mol. The molecule has 1 amide bonds. The standard InChI is InChI=1S/C19H28ClN7O2/c1-12(2)13-10-26(11-15(28)21-13)5-4-14-22-16-17(25(14)3)23-19(20)24-18(16)27-6-8-29-9-7-27/h12-13H,4-11H2,1-3H3,(H,21,28). The van der Waals surface area contributed by atoms with Gasteiger partial charge in [-0.3, -0.25) is 9.69 Å². The lowest BCUT2D eigenvalue weighted by Crippen LogP contribution is -2.56. The maximum absolute atomic E-state index is 12.0. The highest BCUT2D eigenvalue weighted by Crippen LogP contribution is 2.26. The molecule has 0 spiro atoms. The zero-order chi connectivity index (χ0) is 20.5. The first-order valence-electron chi connectivity index (χ1n) is 10.2. The van der Waals surface area contributed by atoms with Crippen molar-refractivity contribution in [2.24, 2.45) is 13.0 Å². The number of carbonyl (C=O) groups excluding carboxylic acids is 1. The summed E-state index contributed by atoms with van der Waals surface area (Å²) in [6, 6.07) is 0.189. The molecule has 1 N–H and O–H groups in total. The Morgan fingerprint density at radius 2 is 2.00 bits per heavy atom. The lowest BCUT2D eigenvalue weighted by molar-refractivity contribution is -0.126. The molecule has 4 rings (SSSR count). The number of carbonyl (C=O) groups is 1. The van der Waals surface area contributed by atoms with Crippen LogP contribution in [-0.2, 0) is 23.0 Å². The second-order valence-electron chi connectivity index (χ2n) is 8.08. The molecule has 2 saturated heterocycles. The number of morpholine rings is 1. The Morgan fingerprint density at radius 1 is 1.24 bits per heavy atom. The summed E-state index contributed by atoms with van der Waals surface area (Å²) in [6.07, 6.45) is 0.727. The SMILES string of the molecule is CC(C)C1CN(CCc2nc3c(N4CCOCC4)nc(Cl)nc3n2C)CC(=O)N1. The Balaban J connectivity index is 1.55. The average Bonchev–Trinajstić information content (AvgIpc) is 3.02. The van der Waals surface area contributed by atoms with E-state index in [9.17, 15) is 4.79 Å². The van der Waals surface area contributed by atoms with Crippen LogP contribution in [0.1, 0.15) is 19.7 Å². The fourth-order valence-corrected chi connectivity index (χ4v) is 4.10. The highest BCUT2D eigenvalue weighted by molar-refractivity contribution is 6.28. The molecule has 2 aliphatic heterocycles. The van der Waals surface area contributed by atoms with Crippen LogP contribution in [0.2, 0.25) is 5.28 Å². The molecule has 2 aliphatic rings. The summed E-state index contributed by atoms with van der Waals surface area (Å²) < 4.78 is 7.43. The molecule has 2 aromatic heterocycles. The fourth-order valence-electron chi connectivity index (χ4n) is 3.93. The van der Waals surface area contributed by atoms with Gasteiger partial charge in [0, 0.05) is 45.7 Å². The van der Waals surface area contributed by atoms with Crippen molar-refractivity contribution in [2.45, 2.75) is 26.3 Å². The van der Waals surface area contributed by atoms with Gasteiger partial charge >= 0.3 is 0 Å². The van der Waals surface area contributed by atoms with E-state index in [2.05, 4.69) is 38.9 Å². The third-order valence-electron chi connectivity index (χ3n) is 5.70. The maximum atomic E-state index is 12.0. The number of amides is 1. The Kier molecular flexibility index (Phi) is 5.89. The van der Waals surface area contributed by atoms with Crippen molar-refractivity contribution in [1.29, 1.82) is 0 Å². The van der Waals surface area contributed by atoms with E-state index in [0.29, 0.717) is 25.7 Å². The number of anilines is 1. The monoisotopic (exact) mass is 421 g/mol. The van der Waals surface area contributed by atoms with Gasteiger partial charge in [0.2, 0.25) is 11.2 Å². The summed E-state index contributed by atoms with van der Waals surface area (Å²) in [7, 11) is 1.96. The smallest absolute Gasteiger partial charge is 0.234 e. The second-order valence-corrected chi connectivity index (χ2v) is 8.42. The molecule has 2 aromatic rings. The molecule has 0 saturated carbocycles. The van der Waals surface area contributed by atoms with Crippen molar-refractivity contribution in [3.63, 3.8) is 0 Å². The highest BCUT2D eigenvalue weighted by Gasteiger charge is 2.27. The largest absolute Gasteiger partial charge is 0.378 e. The summed E-state index contributed by atoms with van der Waals surface area (Å²) in [5, 5.41) is 3.30. The van der Waals surface area contributed by atoms with E-state index in [4.69, 9.17) is 21.3 Å². The number of ether oxygens (including phenoxy) is 1. The number of piperazine rings is 1. The lowest BCUT2D eigenvalue weighted by Gasteiger charge is -2.35. The highest BCUT2D eigenvalue weighted by atomic mass is 35.5. The number of rotatable bonds is 5. The number of hydrogen-bond acceptors (Lipinski definition) is 7. The molecule has 1 unspecified atom stereocenters. The molecule has 158 valence electrons. The van der Waals surface area contributed by atoms with Crippen LogP contribution in [0.5, 0.6) is 0 Å². The number of nitrogens with one attached hydrogen (secondary N) is 1. The summed E-state index contributed by atoms with van der Waals surface area (Å²) in [4.78, 5) is 30.1. The zero-order valence-electron chi connectivity index (χ0n) is 17.2. The first-order chi connectivity index (χ1) is 13.9. The number of halogens is 1. The second kappa shape index (κ2) is 8.41. The van der Waals surface area contributed by atoms with Crippen molar-refractivity contribution in [2.75, 3.05) is 50.8 Å². The Hall–Kier alpha value is -1.97. The van der Waals surface area contributed by atoms with Crippen LogP contribution in [0.25, 0.3) is 11.2 Å². The van der Waals surface area contributed by atoms with Gasteiger partial charge in [0.05, 0.1) is 19.8 Å².